The zero-order chi connectivity index (χ0) is 21.3. The number of pyridine rings is 1. The van der Waals surface area contributed by atoms with Gasteiger partial charge in [-0.1, -0.05) is 30.9 Å². The van der Waals surface area contributed by atoms with Crippen LogP contribution in [0.3, 0.4) is 0 Å². The second-order valence-corrected chi connectivity index (χ2v) is 8.74. The molecular weight excluding hydrogens is 406 g/mol. The number of nitriles is 1. The number of carbonyl (C=O) groups excluding carboxylic acids is 1. The first-order valence-electron chi connectivity index (χ1n) is 9.70. The second-order valence-electron chi connectivity index (χ2n) is 7.06. The van der Waals surface area contributed by atoms with Crippen LogP contribution in [0.2, 0.25) is 0 Å². The van der Waals surface area contributed by atoms with E-state index in [0.717, 1.165) is 44.1 Å². The SMILES string of the molecule is CCN1CCN(c2c(C=C3SC(=S)N(CC)C3=O)c(C)c(C#N)c(=O)n2C)CC1. The van der Waals surface area contributed by atoms with Crippen LogP contribution in [0, 0.1) is 18.3 Å². The van der Waals surface area contributed by atoms with E-state index in [-0.39, 0.29) is 17.0 Å². The highest BCUT2D eigenvalue weighted by Gasteiger charge is 2.32. The van der Waals surface area contributed by atoms with Gasteiger partial charge >= 0.3 is 0 Å². The summed E-state index contributed by atoms with van der Waals surface area (Å²) >= 11 is 6.59. The normalized spacial score (nSPS) is 19.3. The van der Waals surface area contributed by atoms with E-state index in [1.807, 2.05) is 13.0 Å². The summed E-state index contributed by atoms with van der Waals surface area (Å²) in [4.78, 5) is 32.1. The summed E-state index contributed by atoms with van der Waals surface area (Å²) in [5, 5.41) is 9.55. The molecule has 9 heteroatoms. The van der Waals surface area contributed by atoms with Crippen molar-refractivity contribution < 1.29 is 4.79 Å². The highest BCUT2D eigenvalue weighted by atomic mass is 32.2. The Bertz CT molecular complexity index is 984. The van der Waals surface area contributed by atoms with Gasteiger partial charge in [-0.2, -0.15) is 5.26 Å². The number of piperazine rings is 1. The molecule has 7 nitrogen and oxygen atoms in total. The van der Waals surface area contributed by atoms with Crippen molar-refractivity contribution in [1.82, 2.24) is 14.4 Å². The summed E-state index contributed by atoms with van der Waals surface area (Å²) in [7, 11) is 1.69. The second kappa shape index (κ2) is 8.69. The third-order valence-electron chi connectivity index (χ3n) is 5.55. The lowest BCUT2D eigenvalue weighted by atomic mass is 10.0. The molecule has 1 aromatic heterocycles. The van der Waals surface area contributed by atoms with Gasteiger partial charge in [-0.3, -0.25) is 19.1 Å². The molecule has 1 amide bonds. The highest BCUT2D eigenvalue weighted by Crippen LogP contribution is 2.35. The van der Waals surface area contributed by atoms with Gasteiger partial charge in [-0.25, -0.2) is 0 Å². The molecule has 0 saturated carbocycles. The molecular formula is C20H25N5O2S2. The first-order chi connectivity index (χ1) is 13.8. The van der Waals surface area contributed by atoms with Gasteiger partial charge in [-0.15, -0.1) is 0 Å². The Hall–Kier alpha value is -2.15. The van der Waals surface area contributed by atoms with Crippen LogP contribution in [-0.4, -0.2) is 63.9 Å². The maximum absolute atomic E-state index is 12.8. The zero-order valence-electron chi connectivity index (χ0n) is 17.2. The highest BCUT2D eigenvalue weighted by molar-refractivity contribution is 8.26. The molecule has 0 aliphatic carbocycles. The molecule has 0 atom stereocenters. The quantitative estimate of drug-likeness (QED) is 0.533. The van der Waals surface area contributed by atoms with Crippen molar-refractivity contribution in [2.45, 2.75) is 20.8 Å². The Balaban J connectivity index is 2.15. The van der Waals surface area contributed by atoms with Crippen molar-refractivity contribution in [3.05, 3.63) is 31.9 Å². The lowest BCUT2D eigenvalue weighted by Crippen LogP contribution is -2.48. The minimum absolute atomic E-state index is 0.112. The number of thiocarbonyl (C=S) groups is 1. The van der Waals surface area contributed by atoms with Gasteiger partial charge in [-0.05, 0) is 32.0 Å². The standard InChI is InChI=1S/C20H25N5O2S2/c1-5-23-7-9-24(10-8-23)17-14(13(3)15(12-21)18(26)22(17)4)11-16-19(27)25(6-2)20(28)29-16/h11H,5-10H2,1-4H3. The minimum atomic E-state index is -0.309. The van der Waals surface area contributed by atoms with Crippen LogP contribution < -0.4 is 10.5 Å². The maximum atomic E-state index is 12.8. The van der Waals surface area contributed by atoms with E-state index in [9.17, 15) is 14.9 Å². The lowest BCUT2D eigenvalue weighted by Gasteiger charge is -2.37. The van der Waals surface area contributed by atoms with Crippen LogP contribution in [0.5, 0.6) is 0 Å². The van der Waals surface area contributed by atoms with Crippen molar-refractivity contribution in [1.29, 1.82) is 5.26 Å². The van der Waals surface area contributed by atoms with E-state index in [0.29, 0.717) is 21.3 Å². The molecule has 1 aromatic rings. The Morgan fingerprint density at radius 1 is 1.17 bits per heavy atom. The topological polar surface area (TPSA) is 72.6 Å². The molecule has 3 rings (SSSR count). The van der Waals surface area contributed by atoms with Crippen LogP contribution in [0.1, 0.15) is 30.5 Å². The van der Waals surface area contributed by atoms with E-state index < -0.39 is 0 Å². The molecule has 2 aliphatic rings. The van der Waals surface area contributed by atoms with Crippen molar-refractivity contribution in [3.63, 3.8) is 0 Å². The fourth-order valence-electron chi connectivity index (χ4n) is 3.77. The monoisotopic (exact) mass is 431 g/mol. The van der Waals surface area contributed by atoms with E-state index in [1.165, 1.54) is 11.8 Å². The van der Waals surface area contributed by atoms with Crippen LogP contribution >= 0.6 is 24.0 Å². The number of anilines is 1. The predicted molar refractivity (Wildman–Crippen MR) is 121 cm³/mol. The van der Waals surface area contributed by atoms with Gasteiger partial charge in [0.1, 0.15) is 21.8 Å². The molecule has 0 spiro atoms. The smallest absolute Gasteiger partial charge is 0.270 e. The van der Waals surface area contributed by atoms with Crippen molar-refractivity contribution >= 4 is 46.1 Å². The molecule has 0 bridgehead atoms. The third-order valence-corrected chi connectivity index (χ3v) is 6.93. The summed E-state index contributed by atoms with van der Waals surface area (Å²) in [6, 6.07) is 2.04. The first kappa shape index (κ1) is 21.6. The molecule has 2 aliphatic heterocycles. The summed E-state index contributed by atoms with van der Waals surface area (Å²) in [5.41, 5.74) is 1.15. The maximum Gasteiger partial charge on any atom is 0.270 e. The number of amides is 1. The predicted octanol–water partition coefficient (Wildman–Crippen LogP) is 1.93. The van der Waals surface area contributed by atoms with Crippen LogP contribution in [0.4, 0.5) is 5.82 Å². The molecule has 0 unspecified atom stereocenters. The number of hydrogen-bond acceptors (Lipinski definition) is 7. The van der Waals surface area contributed by atoms with E-state index >= 15 is 0 Å². The molecule has 0 aromatic carbocycles. The largest absolute Gasteiger partial charge is 0.355 e. The Kier molecular flexibility index (Phi) is 6.46. The third kappa shape index (κ3) is 3.84. The number of hydrogen-bond donors (Lipinski definition) is 0. The average Bonchev–Trinajstić information content (AvgIpc) is 2.99. The summed E-state index contributed by atoms with van der Waals surface area (Å²) < 4.78 is 2.07. The Morgan fingerprint density at radius 3 is 2.34 bits per heavy atom. The minimum Gasteiger partial charge on any atom is -0.355 e. The van der Waals surface area contributed by atoms with Gasteiger partial charge < -0.3 is 9.80 Å². The van der Waals surface area contributed by atoms with Crippen LogP contribution in [0.25, 0.3) is 6.08 Å². The zero-order valence-corrected chi connectivity index (χ0v) is 18.8. The molecule has 3 heterocycles. The number of nitrogens with zero attached hydrogens (tertiary/aromatic N) is 5. The van der Waals surface area contributed by atoms with Gasteiger partial charge in [0.25, 0.3) is 11.5 Å². The average molecular weight is 432 g/mol. The number of thioether (sulfide) groups is 1. The van der Waals surface area contributed by atoms with Gasteiger partial charge in [0.2, 0.25) is 0 Å². The van der Waals surface area contributed by atoms with E-state index in [2.05, 4.69) is 16.7 Å². The van der Waals surface area contributed by atoms with Gasteiger partial charge in [0.05, 0.1) is 4.91 Å². The fourth-order valence-corrected chi connectivity index (χ4v) is 5.14. The first-order valence-corrected chi connectivity index (χ1v) is 10.9. The number of rotatable bonds is 4. The van der Waals surface area contributed by atoms with Gasteiger partial charge in [0, 0.05) is 45.3 Å². The number of carbonyl (C=O) groups is 1. The van der Waals surface area contributed by atoms with Crippen LogP contribution in [0.15, 0.2) is 9.70 Å². The molecule has 2 saturated heterocycles. The van der Waals surface area contributed by atoms with Gasteiger partial charge in [0.15, 0.2) is 0 Å². The van der Waals surface area contributed by atoms with Crippen LogP contribution in [-0.2, 0) is 11.8 Å². The fraction of sp³-hybridized carbons (Fsp3) is 0.500. The molecule has 154 valence electrons. The van der Waals surface area contributed by atoms with E-state index in [4.69, 9.17) is 12.2 Å². The Morgan fingerprint density at radius 2 is 1.83 bits per heavy atom. The lowest BCUT2D eigenvalue weighted by molar-refractivity contribution is -0.121. The summed E-state index contributed by atoms with van der Waals surface area (Å²) in [6.45, 7) is 10.7. The molecule has 29 heavy (non-hydrogen) atoms. The summed E-state index contributed by atoms with van der Waals surface area (Å²) in [5.74, 6) is 0.625. The van der Waals surface area contributed by atoms with Crippen molar-refractivity contribution in [3.8, 4) is 6.07 Å². The molecule has 0 N–H and O–H groups in total. The number of likely N-dealkylation sites (N-methyl/N-ethyl adjacent to an activating group) is 2. The van der Waals surface area contributed by atoms with E-state index in [1.54, 1.807) is 29.5 Å². The van der Waals surface area contributed by atoms with Crippen molar-refractivity contribution in [2.24, 2.45) is 7.05 Å². The summed E-state index contributed by atoms with van der Waals surface area (Å²) in [6.07, 6.45) is 1.80. The van der Waals surface area contributed by atoms with Crippen molar-refractivity contribution in [2.75, 3.05) is 44.2 Å². The molecule has 0 radical (unpaired) electrons. The number of aromatic nitrogens is 1. The Labute approximate surface area is 180 Å². The molecule has 2 fully saturated rings.